The Morgan fingerprint density at radius 2 is 2.00 bits per heavy atom. The predicted octanol–water partition coefficient (Wildman–Crippen LogP) is 2.01. The lowest BCUT2D eigenvalue weighted by atomic mass is 10.1. The third-order valence-corrected chi connectivity index (χ3v) is 2.68. The van der Waals surface area contributed by atoms with E-state index in [9.17, 15) is 0 Å². The lowest BCUT2D eigenvalue weighted by molar-refractivity contribution is 0.993. The number of benzene rings is 1. The maximum atomic E-state index is 5.74. The zero-order valence-electron chi connectivity index (χ0n) is 10.1. The Kier molecular flexibility index (Phi) is 3.35. The Labute approximate surface area is 101 Å². The largest absolute Gasteiger partial charge is 0.329 e. The molecule has 0 aliphatic heterocycles. The Morgan fingerprint density at radius 3 is 2.71 bits per heavy atom. The van der Waals surface area contributed by atoms with Gasteiger partial charge in [-0.3, -0.25) is 0 Å². The topological polar surface area (TPSA) is 55.0 Å². The first-order valence-electron chi connectivity index (χ1n) is 5.53. The summed E-state index contributed by atoms with van der Waals surface area (Å²) in [5.74, 6) is 1.64. The molecular weight excluding hydrogens is 212 g/mol. The number of rotatable bonds is 3. The van der Waals surface area contributed by atoms with Crippen LogP contribution in [0.4, 0.5) is 11.5 Å². The average molecular weight is 228 g/mol. The summed E-state index contributed by atoms with van der Waals surface area (Å²) >= 11 is 0. The van der Waals surface area contributed by atoms with Crippen LogP contribution in [0.1, 0.15) is 11.4 Å². The summed E-state index contributed by atoms with van der Waals surface area (Å²) in [4.78, 5) is 10.5. The van der Waals surface area contributed by atoms with Gasteiger partial charge in [-0.25, -0.2) is 9.97 Å². The van der Waals surface area contributed by atoms with Crippen LogP contribution in [0.2, 0.25) is 0 Å². The fourth-order valence-corrected chi connectivity index (χ4v) is 1.76. The molecule has 0 saturated carbocycles. The average Bonchev–Trinajstić information content (AvgIpc) is 2.38. The van der Waals surface area contributed by atoms with Gasteiger partial charge in [0.25, 0.3) is 0 Å². The highest BCUT2D eigenvalue weighted by Crippen LogP contribution is 2.24. The molecule has 17 heavy (non-hydrogen) atoms. The molecular formula is C13H16N4. The first kappa shape index (κ1) is 11.5. The summed E-state index contributed by atoms with van der Waals surface area (Å²) < 4.78 is 0. The van der Waals surface area contributed by atoms with Crippen LogP contribution in [0.5, 0.6) is 0 Å². The third kappa shape index (κ3) is 2.42. The summed E-state index contributed by atoms with van der Waals surface area (Å²) in [5, 5.41) is 0. The molecule has 1 aromatic carbocycles. The second kappa shape index (κ2) is 4.93. The van der Waals surface area contributed by atoms with Gasteiger partial charge < -0.3 is 10.6 Å². The number of aromatic nitrogens is 2. The maximum Gasteiger partial charge on any atom is 0.136 e. The van der Waals surface area contributed by atoms with Crippen molar-refractivity contribution >= 4 is 11.5 Å². The van der Waals surface area contributed by atoms with Crippen LogP contribution in [0.15, 0.2) is 36.5 Å². The van der Waals surface area contributed by atoms with Gasteiger partial charge in [0, 0.05) is 25.5 Å². The van der Waals surface area contributed by atoms with E-state index in [0.717, 1.165) is 22.9 Å². The number of nitrogens with two attached hydrogens (primary N) is 1. The third-order valence-electron chi connectivity index (χ3n) is 2.68. The molecule has 0 atom stereocenters. The van der Waals surface area contributed by atoms with Crippen LogP contribution in [-0.2, 0) is 6.54 Å². The lowest BCUT2D eigenvalue weighted by Crippen LogP contribution is -2.15. The quantitative estimate of drug-likeness (QED) is 0.873. The van der Waals surface area contributed by atoms with Gasteiger partial charge in [-0.15, -0.1) is 0 Å². The molecule has 2 aromatic rings. The van der Waals surface area contributed by atoms with E-state index in [-0.39, 0.29) is 0 Å². The molecule has 0 aliphatic rings. The van der Waals surface area contributed by atoms with Crippen molar-refractivity contribution in [2.75, 3.05) is 11.9 Å². The minimum atomic E-state index is 0.518. The van der Waals surface area contributed by atoms with Crippen LogP contribution in [-0.4, -0.2) is 17.0 Å². The van der Waals surface area contributed by atoms with Gasteiger partial charge in [0.2, 0.25) is 0 Å². The van der Waals surface area contributed by atoms with Crippen LogP contribution in [0.3, 0.4) is 0 Å². The molecule has 1 aromatic heterocycles. The molecule has 0 saturated heterocycles. The van der Waals surface area contributed by atoms with E-state index in [1.54, 1.807) is 6.20 Å². The summed E-state index contributed by atoms with van der Waals surface area (Å²) in [5.41, 5.74) is 7.92. The highest BCUT2D eigenvalue weighted by atomic mass is 15.2. The minimum absolute atomic E-state index is 0.518. The molecule has 0 spiro atoms. The van der Waals surface area contributed by atoms with Gasteiger partial charge in [0.15, 0.2) is 0 Å². The molecule has 0 bridgehead atoms. The zero-order valence-corrected chi connectivity index (χ0v) is 10.1. The second-order valence-corrected chi connectivity index (χ2v) is 3.85. The molecule has 0 aliphatic carbocycles. The lowest BCUT2D eigenvalue weighted by Gasteiger charge is -2.21. The van der Waals surface area contributed by atoms with Crippen LogP contribution >= 0.6 is 0 Å². The van der Waals surface area contributed by atoms with Gasteiger partial charge in [0.05, 0.1) is 0 Å². The first-order valence-corrected chi connectivity index (χ1v) is 5.53. The Bertz CT molecular complexity index is 510. The number of aryl methyl sites for hydroxylation is 1. The minimum Gasteiger partial charge on any atom is -0.329 e. The van der Waals surface area contributed by atoms with E-state index in [4.69, 9.17) is 5.73 Å². The van der Waals surface area contributed by atoms with E-state index in [1.165, 1.54) is 0 Å². The van der Waals surface area contributed by atoms with E-state index in [2.05, 4.69) is 9.97 Å². The van der Waals surface area contributed by atoms with Gasteiger partial charge in [-0.05, 0) is 24.6 Å². The van der Waals surface area contributed by atoms with E-state index < -0.39 is 0 Å². The molecule has 2 rings (SSSR count). The Balaban J connectivity index is 2.40. The smallest absolute Gasteiger partial charge is 0.136 e. The van der Waals surface area contributed by atoms with Crippen molar-refractivity contribution < 1.29 is 0 Å². The van der Waals surface area contributed by atoms with Crippen molar-refractivity contribution in [2.24, 2.45) is 5.73 Å². The van der Waals surface area contributed by atoms with E-state index in [1.807, 2.05) is 49.2 Å². The summed E-state index contributed by atoms with van der Waals surface area (Å²) in [6.45, 7) is 2.40. The number of anilines is 2. The van der Waals surface area contributed by atoms with Crippen molar-refractivity contribution in [2.45, 2.75) is 13.5 Å². The SMILES string of the molecule is Cc1nccc(N(C)c2ccccc2CN)n1. The van der Waals surface area contributed by atoms with Gasteiger partial charge in [0.1, 0.15) is 11.6 Å². The summed E-state index contributed by atoms with van der Waals surface area (Å²) in [6, 6.07) is 9.95. The number of hydrogen-bond acceptors (Lipinski definition) is 4. The zero-order chi connectivity index (χ0) is 12.3. The fraction of sp³-hybridized carbons (Fsp3) is 0.231. The molecule has 0 radical (unpaired) electrons. The Hall–Kier alpha value is -1.94. The van der Waals surface area contributed by atoms with Crippen molar-refractivity contribution in [1.29, 1.82) is 0 Å². The van der Waals surface area contributed by atoms with Crippen molar-refractivity contribution in [3.05, 3.63) is 47.9 Å². The highest BCUT2D eigenvalue weighted by molar-refractivity contribution is 5.62. The molecule has 4 nitrogen and oxygen atoms in total. The highest BCUT2D eigenvalue weighted by Gasteiger charge is 2.08. The van der Waals surface area contributed by atoms with Gasteiger partial charge in [-0.1, -0.05) is 18.2 Å². The number of para-hydroxylation sites is 1. The molecule has 0 amide bonds. The standard InChI is InChI=1S/C13H16N4/c1-10-15-8-7-13(16-10)17(2)12-6-4-3-5-11(12)9-14/h3-8H,9,14H2,1-2H3. The van der Waals surface area contributed by atoms with E-state index >= 15 is 0 Å². The second-order valence-electron chi connectivity index (χ2n) is 3.85. The predicted molar refractivity (Wildman–Crippen MR) is 69.2 cm³/mol. The van der Waals surface area contributed by atoms with Crippen molar-refractivity contribution in [3.63, 3.8) is 0 Å². The van der Waals surface area contributed by atoms with Crippen LogP contribution < -0.4 is 10.6 Å². The van der Waals surface area contributed by atoms with Crippen LogP contribution in [0.25, 0.3) is 0 Å². The number of hydrogen-bond donors (Lipinski definition) is 1. The van der Waals surface area contributed by atoms with Gasteiger partial charge in [-0.2, -0.15) is 0 Å². The van der Waals surface area contributed by atoms with Crippen molar-refractivity contribution in [3.8, 4) is 0 Å². The first-order chi connectivity index (χ1) is 8.22. The Morgan fingerprint density at radius 1 is 1.24 bits per heavy atom. The fourth-order valence-electron chi connectivity index (χ4n) is 1.76. The molecule has 2 N–H and O–H groups in total. The molecule has 4 heteroatoms. The summed E-state index contributed by atoms with van der Waals surface area (Å²) in [6.07, 6.45) is 1.76. The normalized spacial score (nSPS) is 10.3. The monoisotopic (exact) mass is 228 g/mol. The summed E-state index contributed by atoms with van der Waals surface area (Å²) in [7, 11) is 1.98. The van der Waals surface area contributed by atoms with Crippen molar-refractivity contribution in [1.82, 2.24) is 9.97 Å². The van der Waals surface area contributed by atoms with E-state index in [0.29, 0.717) is 6.54 Å². The number of nitrogens with zero attached hydrogens (tertiary/aromatic N) is 3. The van der Waals surface area contributed by atoms with Crippen LogP contribution in [0, 0.1) is 6.92 Å². The van der Waals surface area contributed by atoms with Gasteiger partial charge >= 0.3 is 0 Å². The molecule has 0 fully saturated rings. The molecule has 1 heterocycles. The molecule has 88 valence electrons. The maximum absolute atomic E-state index is 5.74. The molecule has 0 unspecified atom stereocenters.